The van der Waals surface area contributed by atoms with Gasteiger partial charge in [0.1, 0.15) is 5.52 Å². The number of non-ortho nitro benzene ring substituents is 1. The maximum absolute atomic E-state index is 11.0. The van der Waals surface area contributed by atoms with Crippen molar-refractivity contribution < 1.29 is 4.92 Å². The van der Waals surface area contributed by atoms with Gasteiger partial charge >= 0.3 is 0 Å². The van der Waals surface area contributed by atoms with Crippen LogP contribution in [0.25, 0.3) is 10.9 Å². The van der Waals surface area contributed by atoms with Gasteiger partial charge in [0.05, 0.1) is 16.0 Å². The zero-order chi connectivity index (χ0) is 13.8. The van der Waals surface area contributed by atoms with Crippen LogP contribution in [0.2, 0.25) is 0 Å². The molecular formula is C14H13N3O2. The molecular weight excluding hydrogens is 242 g/mol. The number of nitrogens with zero attached hydrogens (tertiary/aromatic N) is 2. The Bertz CT molecular complexity index is 661. The predicted molar refractivity (Wildman–Crippen MR) is 74.9 cm³/mol. The van der Waals surface area contributed by atoms with Crippen molar-refractivity contribution in [1.29, 1.82) is 0 Å². The van der Waals surface area contributed by atoms with Crippen molar-refractivity contribution in [3.05, 3.63) is 40.6 Å². The summed E-state index contributed by atoms with van der Waals surface area (Å²) in [6.07, 6.45) is 7.45. The number of nitro groups is 1. The normalized spacial score (nSPS) is 11.8. The first-order chi connectivity index (χ1) is 9.13. The third kappa shape index (κ3) is 2.63. The predicted octanol–water partition coefficient (Wildman–Crippen LogP) is 2.97. The molecule has 1 aromatic heterocycles. The number of anilines is 1. The highest BCUT2D eigenvalue weighted by Crippen LogP contribution is 2.30. The van der Waals surface area contributed by atoms with Gasteiger partial charge in [0, 0.05) is 24.7 Å². The highest BCUT2D eigenvalue weighted by Gasteiger charge is 2.15. The van der Waals surface area contributed by atoms with Gasteiger partial charge in [0.2, 0.25) is 0 Å². The number of hydrogen-bond acceptors (Lipinski definition) is 4. The molecule has 0 fully saturated rings. The average Bonchev–Trinajstić information content (AvgIpc) is 2.39. The minimum Gasteiger partial charge on any atom is -0.380 e. The number of terminal acetylenes is 1. The molecule has 2 rings (SSSR count). The third-order valence-electron chi connectivity index (χ3n) is 2.77. The van der Waals surface area contributed by atoms with E-state index < -0.39 is 4.92 Å². The average molecular weight is 255 g/mol. The monoisotopic (exact) mass is 255 g/mol. The molecule has 0 radical (unpaired) electrons. The van der Waals surface area contributed by atoms with Crippen molar-refractivity contribution in [3.8, 4) is 12.3 Å². The molecule has 1 heterocycles. The second-order valence-electron chi connectivity index (χ2n) is 4.24. The number of rotatable bonds is 4. The smallest absolute Gasteiger partial charge is 0.278 e. The maximum Gasteiger partial charge on any atom is 0.278 e. The fraction of sp³-hybridized carbons (Fsp3) is 0.214. The SMILES string of the molecule is C#CCC(C)Nc1ccc([N+](=O)[O-])c2cccnc12. The van der Waals surface area contributed by atoms with Crippen molar-refractivity contribution in [2.75, 3.05) is 5.32 Å². The van der Waals surface area contributed by atoms with Crippen LogP contribution in [0, 0.1) is 22.5 Å². The lowest BCUT2D eigenvalue weighted by atomic mass is 10.1. The molecule has 0 saturated heterocycles. The lowest BCUT2D eigenvalue weighted by Crippen LogP contribution is -2.14. The van der Waals surface area contributed by atoms with E-state index in [4.69, 9.17) is 6.42 Å². The second-order valence-corrected chi connectivity index (χ2v) is 4.24. The van der Waals surface area contributed by atoms with E-state index in [0.717, 1.165) is 5.69 Å². The van der Waals surface area contributed by atoms with Crippen LogP contribution in [0.4, 0.5) is 11.4 Å². The number of pyridine rings is 1. The van der Waals surface area contributed by atoms with Crippen LogP contribution in [-0.2, 0) is 0 Å². The number of aromatic nitrogens is 1. The van der Waals surface area contributed by atoms with Crippen LogP contribution in [0.1, 0.15) is 13.3 Å². The van der Waals surface area contributed by atoms with Crippen molar-refractivity contribution in [2.24, 2.45) is 0 Å². The fourth-order valence-corrected chi connectivity index (χ4v) is 1.93. The number of nitrogens with one attached hydrogen (secondary N) is 1. The highest BCUT2D eigenvalue weighted by atomic mass is 16.6. The number of hydrogen-bond donors (Lipinski definition) is 1. The van der Waals surface area contributed by atoms with Crippen LogP contribution in [0.15, 0.2) is 30.5 Å². The lowest BCUT2D eigenvalue weighted by molar-refractivity contribution is -0.383. The quantitative estimate of drug-likeness (QED) is 0.518. The summed E-state index contributed by atoms with van der Waals surface area (Å²) in [5.41, 5.74) is 1.39. The van der Waals surface area contributed by atoms with E-state index in [1.807, 2.05) is 6.92 Å². The van der Waals surface area contributed by atoms with Crippen LogP contribution in [-0.4, -0.2) is 15.9 Å². The topological polar surface area (TPSA) is 68.1 Å². The first-order valence-corrected chi connectivity index (χ1v) is 5.85. The Morgan fingerprint density at radius 1 is 1.53 bits per heavy atom. The van der Waals surface area contributed by atoms with E-state index in [9.17, 15) is 10.1 Å². The van der Waals surface area contributed by atoms with Crippen LogP contribution < -0.4 is 5.32 Å². The molecule has 0 aliphatic rings. The second kappa shape index (κ2) is 5.36. The van der Waals surface area contributed by atoms with E-state index in [-0.39, 0.29) is 11.7 Å². The van der Waals surface area contributed by atoms with E-state index in [0.29, 0.717) is 17.3 Å². The van der Waals surface area contributed by atoms with Gasteiger partial charge < -0.3 is 5.32 Å². The Morgan fingerprint density at radius 2 is 2.32 bits per heavy atom. The molecule has 0 bridgehead atoms. The zero-order valence-corrected chi connectivity index (χ0v) is 10.5. The number of nitro benzene ring substituents is 1. The fourth-order valence-electron chi connectivity index (χ4n) is 1.93. The molecule has 1 atom stereocenters. The third-order valence-corrected chi connectivity index (χ3v) is 2.77. The summed E-state index contributed by atoms with van der Waals surface area (Å²) in [5, 5.41) is 14.7. The molecule has 0 spiro atoms. The molecule has 5 nitrogen and oxygen atoms in total. The molecule has 19 heavy (non-hydrogen) atoms. The Kier molecular flexibility index (Phi) is 3.62. The Morgan fingerprint density at radius 3 is 3.00 bits per heavy atom. The van der Waals surface area contributed by atoms with Crippen LogP contribution in [0.5, 0.6) is 0 Å². The highest BCUT2D eigenvalue weighted by molar-refractivity contribution is 5.96. The van der Waals surface area contributed by atoms with E-state index in [1.54, 1.807) is 24.4 Å². The maximum atomic E-state index is 11.0. The van der Waals surface area contributed by atoms with Gasteiger partial charge in [-0.3, -0.25) is 15.1 Å². The summed E-state index contributed by atoms with van der Waals surface area (Å²) in [7, 11) is 0. The molecule has 1 aromatic carbocycles. The summed E-state index contributed by atoms with van der Waals surface area (Å²) >= 11 is 0. The molecule has 0 amide bonds. The first kappa shape index (κ1) is 12.8. The van der Waals surface area contributed by atoms with Crippen molar-refractivity contribution in [2.45, 2.75) is 19.4 Å². The molecule has 5 heteroatoms. The Balaban J connectivity index is 2.50. The van der Waals surface area contributed by atoms with Gasteiger partial charge in [-0.25, -0.2) is 0 Å². The summed E-state index contributed by atoms with van der Waals surface area (Å²) in [4.78, 5) is 14.8. The standard InChI is InChI=1S/C14H13N3O2/c1-3-5-10(2)16-12-7-8-13(17(18)19)11-6-4-9-15-14(11)12/h1,4,6-10,16H,5H2,2H3. The minimum atomic E-state index is -0.404. The van der Waals surface area contributed by atoms with Crippen molar-refractivity contribution in [3.63, 3.8) is 0 Å². The largest absolute Gasteiger partial charge is 0.380 e. The first-order valence-electron chi connectivity index (χ1n) is 5.85. The summed E-state index contributed by atoms with van der Waals surface area (Å²) in [5.74, 6) is 2.57. The van der Waals surface area contributed by atoms with Gasteiger partial charge in [0.25, 0.3) is 5.69 Å². The van der Waals surface area contributed by atoms with Gasteiger partial charge in [0.15, 0.2) is 0 Å². The van der Waals surface area contributed by atoms with E-state index in [1.165, 1.54) is 6.07 Å². The minimum absolute atomic E-state index is 0.0539. The van der Waals surface area contributed by atoms with Crippen molar-refractivity contribution in [1.82, 2.24) is 4.98 Å². The van der Waals surface area contributed by atoms with Gasteiger partial charge in [-0.15, -0.1) is 12.3 Å². The molecule has 96 valence electrons. The summed E-state index contributed by atoms with van der Waals surface area (Å²) < 4.78 is 0. The number of benzene rings is 1. The van der Waals surface area contributed by atoms with E-state index >= 15 is 0 Å². The van der Waals surface area contributed by atoms with Crippen molar-refractivity contribution >= 4 is 22.3 Å². The molecule has 1 N–H and O–H groups in total. The molecule has 2 aromatic rings. The molecule has 0 saturated carbocycles. The van der Waals surface area contributed by atoms with E-state index in [2.05, 4.69) is 16.2 Å². The summed E-state index contributed by atoms with van der Waals surface area (Å²) in [6.45, 7) is 1.95. The number of fused-ring (bicyclic) bond motifs is 1. The van der Waals surface area contributed by atoms with Crippen LogP contribution >= 0.6 is 0 Å². The lowest BCUT2D eigenvalue weighted by Gasteiger charge is -2.14. The zero-order valence-electron chi connectivity index (χ0n) is 10.5. The van der Waals surface area contributed by atoms with Gasteiger partial charge in [-0.2, -0.15) is 0 Å². The van der Waals surface area contributed by atoms with Gasteiger partial charge in [-0.1, -0.05) is 0 Å². The van der Waals surface area contributed by atoms with Gasteiger partial charge in [-0.05, 0) is 25.1 Å². The molecule has 0 aliphatic carbocycles. The molecule has 1 unspecified atom stereocenters. The Labute approximate surface area is 110 Å². The molecule has 0 aliphatic heterocycles. The Hall–Kier alpha value is -2.61. The van der Waals surface area contributed by atoms with Crippen LogP contribution in [0.3, 0.4) is 0 Å². The summed E-state index contributed by atoms with van der Waals surface area (Å²) in [6, 6.07) is 6.60.